The number of hydrogen-bond donors (Lipinski definition) is 2. The lowest BCUT2D eigenvalue weighted by molar-refractivity contribution is -0.123. The molecule has 3 unspecified atom stereocenters. The summed E-state index contributed by atoms with van der Waals surface area (Å²) in [5.74, 6) is 1.38. The highest BCUT2D eigenvalue weighted by atomic mass is 16.2. The minimum Gasteiger partial charge on any atom is -0.354 e. The average Bonchev–Trinajstić information content (AvgIpc) is 2.22. The minimum atomic E-state index is -0.0927. The van der Waals surface area contributed by atoms with Crippen molar-refractivity contribution >= 4 is 5.91 Å². The SMILES string of the molecule is CC(C)CNC(=O)C(C)NC1CC(C)CC(C)(C)C1. The number of rotatable bonds is 5. The van der Waals surface area contributed by atoms with Crippen molar-refractivity contribution in [3.05, 3.63) is 0 Å². The van der Waals surface area contributed by atoms with E-state index in [4.69, 9.17) is 0 Å². The van der Waals surface area contributed by atoms with E-state index in [0.29, 0.717) is 17.4 Å². The molecule has 0 heterocycles. The second kappa shape index (κ2) is 6.74. The highest BCUT2D eigenvalue weighted by Crippen LogP contribution is 2.38. The van der Waals surface area contributed by atoms with Gasteiger partial charge in [0.2, 0.25) is 5.91 Å². The lowest BCUT2D eigenvalue weighted by Crippen LogP contribution is -2.50. The molecule has 0 bridgehead atoms. The lowest BCUT2D eigenvalue weighted by atomic mass is 9.70. The summed E-state index contributed by atoms with van der Waals surface area (Å²) in [6.07, 6.45) is 3.64. The van der Waals surface area contributed by atoms with Crippen molar-refractivity contribution in [3.8, 4) is 0 Å². The maximum absolute atomic E-state index is 12.0. The van der Waals surface area contributed by atoms with Gasteiger partial charge in [-0.3, -0.25) is 4.79 Å². The van der Waals surface area contributed by atoms with Gasteiger partial charge in [0.1, 0.15) is 0 Å². The van der Waals surface area contributed by atoms with Crippen molar-refractivity contribution in [2.24, 2.45) is 17.3 Å². The average molecular weight is 268 g/mol. The molecule has 0 aromatic carbocycles. The normalized spacial score (nSPS) is 28.2. The molecule has 2 N–H and O–H groups in total. The highest BCUT2D eigenvalue weighted by Gasteiger charge is 2.33. The third kappa shape index (κ3) is 5.94. The maximum atomic E-state index is 12.0. The molecule has 1 aliphatic rings. The Morgan fingerprint density at radius 1 is 1.26 bits per heavy atom. The second-order valence-electron chi connectivity index (χ2n) is 7.64. The molecular formula is C16H32N2O. The predicted molar refractivity (Wildman–Crippen MR) is 81.0 cm³/mol. The zero-order valence-corrected chi connectivity index (χ0v) is 13.5. The van der Waals surface area contributed by atoms with Crippen LogP contribution >= 0.6 is 0 Å². The summed E-state index contributed by atoms with van der Waals surface area (Å²) in [6, 6.07) is 0.378. The lowest BCUT2D eigenvalue weighted by Gasteiger charge is -2.40. The molecule has 0 radical (unpaired) electrons. The van der Waals surface area contributed by atoms with E-state index in [9.17, 15) is 4.79 Å². The first-order chi connectivity index (χ1) is 8.69. The minimum absolute atomic E-state index is 0.0927. The molecule has 112 valence electrons. The highest BCUT2D eigenvalue weighted by molar-refractivity contribution is 5.81. The molecule has 3 heteroatoms. The van der Waals surface area contributed by atoms with Crippen LogP contribution in [0.1, 0.15) is 60.8 Å². The van der Waals surface area contributed by atoms with Crippen LogP contribution in [0.15, 0.2) is 0 Å². The molecule has 0 aliphatic heterocycles. The van der Waals surface area contributed by atoms with Gasteiger partial charge in [-0.1, -0.05) is 34.6 Å². The molecule has 19 heavy (non-hydrogen) atoms. The molecule has 1 saturated carbocycles. The molecule has 0 spiro atoms. The van der Waals surface area contributed by atoms with Crippen LogP contribution in [0.4, 0.5) is 0 Å². The molecule has 1 fully saturated rings. The Morgan fingerprint density at radius 3 is 2.42 bits per heavy atom. The molecule has 3 atom stereocenters. The number of nitrogens with one attached hydrogen (secondary N) is 2. The largest absolute Gasteiger partial charge is 0.354 e. The Kier molecular flexibility index (Phi) is 5.84. The van der Waals surface area contributed by atoms with Gasteiger partial charge < -0.3 is 10.6 Å². The number of amides is 1. The van der Waals surface area contributed by atoms with E-state index in [-0.39, 0.29) is 11.9 Å². The first-order valence-corrected chi connectivity index (χ1v) is 7.73. The van der Waals surface area contributed by atoms with Crippen molar-refractivity contribution in [2.45, 2.75) is 72.9 Å². The van der Waals surface area contributed by atoms with E-state index in [2.05, 4.69) is 45.3 Å². The number of hydrogen-bond acceptors (Lipinski definition) is 2. The summed E-state index contributed by atoms with van der Waals surface area (Å²) in [5.41, 5.74) is 0.392. The second-order valence-corrected chi connectivity index (χ2v) is 7.64. The summed E-state index contributed by atoms with van der Waals surface area (Å²) in [6.45, 7) is 14.0. The van der Waals surface area contributed by atoms with Crippen LogP contribution < -0.4 is 10.6 Å². The molecule has 3 nitrogen and oxygen atoms in total. The van der Waals surface area contributed by atoms with Gasteiger partial charge in [-0.05, 0) is 43.4 Å². The standard InChI is InChI=1S/C16H32N2O/c1-11(2)10-17-15(19)13(4)18-14-7-12(3)8-16(5,6)9-14/h11-14,18H,7-10H2,1-6H3,(H,17,19). The summed E-state index contributed by atoms with van der Waals surface area (Å²) >= 11 is 0. The van der Waals surface area contributed by atoms with E-state index in [1.165, 1.54) is 19.3 Å². The zero-order chi connectivity index (χ0) is 14.6. The summed E-state index contributed by atoms with van der Waals surface area (Å²) in [5, 5.41) is 6.52. The van der Waals surface area contributed by atoms with Gasteiger partial charge in [0.05, 0.1) is 6.04 Å². The number of carbonyl (C=O) groups excluding carboxylic acids is 1. The Morgan fingerprint density at radius 2 is 1.89 bits per heavy atom. The summed E-state index contributed by atoms with van der Waals surface area (Å²) in [4.78, 5) is 12.0. The fourth-order valence-electron chi connectivity index (χ4n) is 3.36. The Hall–Kier alpha value is -0.570. The van der Waals surface area contributed by atoms with Crippen LogP contribution in [0.2, 0.25) is 0 Å². The third-order valence-corrected chi connectivity index (χ3v) is 3.95. The fourth-order valence-corrected chi connectivity index (χ4v) is 3.36. The Labute approximate surface area is 118 Å². The molecule has 1 aliphatic carbocycles. The third-order valence-electron chi connectivity index (χ3n) is 3.95. The van der Waals surface area contributed by atoms with Crippen LogP contribution in [0.25, 0.3) is 0 Å². The molecular weight excluding hydrogens is 236 g/mol. The van der Waals surface area contributed by atoms with Crippen molar-refractivity contribution in [3.63, 3.8) is 0 Å². The summed E-state index contributed by atoms with van der Waals surface area (Å²) < 4.78 is 0. The molecule has 0 aromatic heterocycles. The van der Waals surface area contributed by atoms with Gasteiger partial charge in [0, 0.05) is 12.6 Å². The van der Waals surface area contributed by atoms with Crippen LogP contribution in [0.5, 0.6) is 0 Å². The van der Waals surface area contributed by atoms with E-state index < -0.39 is 0 Å². The van der Waals surface area contributed by atoms with Crippen LogP contribution in [-0.2, 0) is 4.79 Å². The Balaban J connectivity index is 2.43. The van der Waals surface area contributed by atoms with Gasteiger partial charge in [0.15, 0.2) is 0 Å². The topological polar surface area (TPSA) is 41.1 Å². The Bertz CT molecular complexity index is 299. The maximum Gasteiger partial charge on any atom is 0.236 e. The van der Waals surface area contributed by atoms with Crippen LogP contribution in [-0.4, -0.2) is 24.5 Å². The van der Waals surface area contributed by atoms with Crippen molar-refractivity contribution in [2.75, 3.05) is 6.54 Å². The van der Waals surface area contributed by atoms with Crippen LogP contribution in [0.3, 0.4) is 0 Å². The molecule has 1 rings (SSSR count). The van der Waals surface area contributed by atoms with Gasteiger partial charge in [-0.15, -0.1) is 0 Å². The van der Waals surface area contributed by atoms with Crippen molar-refractivity contribution in [1.29, 1.82) is 0 Å². The van der Waals surface area contributed by atoms with Crippen molar-refractivity contribution < 1.29 is 4.79 Å². The zero-order valence-electron chi connectivity index (χ0n) is 13.5. The van der Waals surface area contributed by atoms with Gasteiger partial charge in [-0.25, -0.2) is 0 Å². The smallest absolute Gasteiger partial charge is 0.236 e. The quantitative estimate of drug-likeness (QED) is 0.805. The van der Waals surface area contributed by atoms with Gasteiger partial charge in [0.25, 0.3) is 0 Å². The summed E-state index contributed by atoms with van der Waals surface area (Å²) in [7, 11) is 0. The van der Waals surface area contributed by atoms with Gasteiger partial charge >= 0.3 is 0 Å². The van der Waals surface area contributed by atoms with E-state index >= 15 is 0 Å². The van der Waals surface area contributed by atoms with E-state index in [0.717, 1.165) is 12.5 Å². The molecule has 0 saturated heterocycles. The first kappa shape index (κ1) is 16.5. The fraction of sp³-hybridized carbons (Fsp3) is 0.938. The first-order valence-electron chi connectivity index (χ1n) is 7.73. The molecule has 0 aromatic rings. The van der Waals surface area contributed by atoms with E-state index in [1.54, 1.807) is 0 Å². The van der Waals surface area contributed by atoms with Crippen LogP contribution in [0, 0.1) is 17.3 Å². The van der Waals surface area contributed by atoms with E-state index in [1.807, 2.05) is 6.92 Å². The monoisotopic (exact) mass is 268 g/mol. The predicted octanol–water partition coefficient (Wildman–Crippen LogP) is 2.95. The van der Waals surface area contributed by atoms with Gasteiger partial charge in [-0.2, -0.15) is 0 Å². The van der Waals surface area contributed by atoms with Crippen molar-refractivity contribution in [1.82, 2.24) is 10.6 Å². The number of carbonyl (C=O) groups is 1. The molecule has 1 amide bonds.